The number of nitrogens with zero attached hydrogens (tertiary/aromatic N) is 3. The molecule has 1 aromatic heterocycles. The topological polar surface area (TPSA) is 41.1 Å². The summed E-state index contributed by atoms with van der Waals surface area (Å²) in [6.07, 6.45) is 0. The Labute approximate surface area is 123 Å². The van der Waals surface area contributed by atoms with E-state index < -0.39 is 0 Å². The van der Waals surface area contributed by atoms with E-state index in [0.29, 0.717) is 17.7 Å². The van der Waals surface area contributed by atoms with Crippen molar-refractivity contribution < 1.29 is 0 Å². The maximum Gasteiger partial charge on any atom is 0.149 e. The predicted octanol–water partition coefficient (Wildman–Crippen LogP) is 3.26. The quantitative estimate of drug-likeness (QED) is 0.861. The minimum absolute atomic E-state index is 0.382. The molecular formula is C15H17ClN4. The molecule has 0 saturated carbocycles. The van der Waals surface area contributed by atoms with E-state index in [1.807, 2.05) is 13.0 Å². The molecular weight excluding hydrogens is 272 g/mol. The largest absolute Gasteiger partial charge is 0.381 e. The molecule has 0 fully saturated rings. The summed E-state index contributed by atoms with van der Waals surface area (Å²) in [7, 11) is 0. The van der Waals surface area contributed by atoms with Gasteiger partial charge in [-0.2, -0.15) is 0 Å². The first-order valence-electron chi connectivity index (χ1n) is 6.73. The molecule has 0 aliphatic carbocycles. The van der Waals surface area contributed by atoms with Gasteiger partial charge in [0.25, 0.3) is 0 Å². The van der Waals surface area contributed by atoms with E-state index >= 15 is 0 Å². The fourth-order valence-corrected chi connectivity index (χ4v) is 2.79. The molecule has 0 saturated heterocycles. The SMILES string of the molecule is Cc1cc(Cl)nc(CN2c3ccccc3NCC2C)n1. The summed E-state index contributed by atoms with van der Waals surface area (Å²) in [6, 6.07) is 10.5. The van der Waals surface area contributed by atoms with E-state index in [9.17, 15) is 0 Å². The normalized spacial score (nSPS) is 17.6. The van der Waals surface area contributed by atoms with Crippen LogP contribution >= 0.6 is 11.6 Å². The third kappa shape index (κ3) is 2.56. The first-order chi connectivity index (χ1) is 9.63. The van der Waals surface area contributed by atoms with Crippen molar-refractivity contribution in [3.05, 3.63) is 47.0 Å². The molecule has 5 heteroatoms. The maximum absolute atomic E-state index is 6.02. The Hall–Kier alpha value is -1.81. The zero-order valence-electron chi connectivity index (χ0n) is 11.6. The summed E-state index contributed by atoms with van der Waals surface area (Å²) in [5.74, 6) is 0.763. The monoisotopic (exact) mass is 288 g/mol. The number of anilines is 2. The van der Waals surface area contributed by atoms with Gasteiger partial charge >= 0.3 is 0 Å². The van der Waals surface area contributed by atoms with Gasteiger partial charge in [0.05, 0.1) is 17.9 Å². The van der Waals surface area contributed by atoms with Gasteiger partial charge in [-0.1, -0.05) is 23.7 Å². The Kier molecular flexibility index (Phi) is 3.49. The van der Waals surface area contributed by atoms with Crippen LogP contribution < -0.4 is 10.2 Å². The van der Waals surface area contributed by atoms with Gasteiger partial charge in [-0.05, 0) is 32.0 Å². The summed E-state index contributed by atoms with van der Waals surface area (Å²) in [5, 5.41) is 3.95. The zero-order valence-corrected chi connectivity index (χ0v) is 12.4. The van der Waals surface area contributed by atoms with E-state index in [0.717, 1.165) is 23.8 Å². The van der Waals surface area contributed by atoms with Gasteiger partial charge in [0.1, 0.15) is 11.0 Å². The molecule has 3 rings (SSSR count). The van der Waals surface area contributed by atoms with Gasteiger partial charge < -0.3 is 10.2 Å². The number of benzene rings is 1. The average Bonchev–Trinajstić information content (AvgIpc) is 2.41. The molecule has 1 aliphatic rings. The van der Waals surface area contributed by atoms with Gasteiger partial charge in [-0.25, -0.2) is 9.97 Å². The molecule has 1 N–H and O–H groups in total. The first kappa shape index (κ1) is 13.2. The lowest BCUT2D eigenvalue weighted by molar-refractivity contribution is 0.625. The Morgan fingerprint density at radius 2 is 2.15 bits per heavy atom. The summed E-state index contributed by atoms with van der Waals surface area (Å²) in [5.41, 5.74) is 3.24. The minimum Gasteiger partial charge on any atom is -0.381 e. The van der Waals surface area contributed by atoms with Crippen molar-refractivity contribution in [2.75, 3.05) is 16.8 Å². The number of aromatic nitrogens is 2. The summed E-state index contributed by atoms with van der Waals surface area (Å²) < 4.78 is 0. The van der Waals surface area contributed by atoms with Gasteiger partial charge in [-0.3, -0.25) is 0 Å². The Bertz CT molecular complexity index is 609. The van der Waals surface area contributed by atoms with E-state index in [4.69, 9.17) is 11.6 Å². The Morgan fingerprint density at radius 1 is 1.35 bits per heavy atom. The first-order valence-corrected chi connectivity index (χ1v) is 7.11. The summed E-state index contributed by atoms with van der Waals surface area (Å²) in [6.45, 7) is 5.71. The van der Waals surface area contributed by atoms with Crippen LogP contribution in [0.4, 0.5) is 11.4 Å². The van der Waals surface area contributed by atoms with Crippen molar-refractivity contribution in [1.29, 1.82) is 0 Å². The molecule has 104 valence electrons. The van der Waals surface area contributed by atoms with E-state index in [1.165, 1.54) is 5.69 Å². The lowest BCUT2D eigenvalue weighted by Gasteiger charge is -2.37. The molecule has 2 aromatic rings. The third-order valence-electron chi connectivity index (χ3n) is 3.51. The smallest absolute Gasteiger partial charge is 0.149 e. The second-order valence-corrected chi connectivity index (χ2v) is 5.51. The number of para-hydroxylation sites is 2. The van der Waals surface area contributed by atoms with Crippen LogP contribution in [-0.2, 0) is 6.54 Å². The summed E-state index contributed by atoms with van der Waals surface area (Å²) in [4.78, 5) is 11.1. The van der Waals surface area contributed by atoms with Crippen molar-refractivity contribution in [3.8, 4) is 0 Å². The summed E-state index contributed by atoms with van der Waals surface area (Å²) >= 11 is 6.02. The van der Waals surface area contributed by atoms with E-state index in [2.05, 4.69) is 45.3 Å². The molecule has 0 bridgehead atoms. The van der Waals surface area contributed by atoms with Crippen LogP contribution in [0.2, 0.25) is 5.15 Å². The molecule has 20 heavy (non-hydrogen) atoms. The molecule has 1 aromatic carbocycles. The Balaban J connectivity index is 1.93. The number of halogens is 1. The highest BCUT2D eigenvalue weighted by Crippen LogP contribution is 2.31. The molecule has 1 atom stereocenters. The second-order valence-electron chi connectivity index (χ2n) is 5.12. The standard InChI is InChI=1S/C15H17ClN4/c1-10-7-14(16)19-15(18-10)9-20-11(2)8-17-12-5-3-4-6-13(12)20/h3-7,11,17H,8-9H2,1-2H3. The highest BCUT2D eigenvalue weighted by Gasteiger charge is 2.23. The van der Waals surface area contributed by atoms with Crippen LogP contribution in [0.15, 0.2) is 30.3 Å². The molecule has 1 aliphatic heterocycles. The van der Waals surface area contributed by atoms with Crippen molar-refractivity contribution in [2.45, 2.75) is 26.4 Å². The second kappa shape index (κ2) is 5.29. The number of hydrogen-bond acceptors (Lipinski definition) is 4. The van der Waals surface area contributed by atoms with Crippen LogP contribution in [0.5, 0.6) is 0 Å². The minimum atomic E-state index is 0.382. The van der Waals surface area contributed by atoms with Crippen molar-refractivity contribution in [1.82, 2.24) is 9.97 Å². The van der Waals surface area contributed by atoms with Crippen LogP contribution in [0.1, 0.15) is 18.4 Å². The number of rotatable bonds is 2. The van der Waals surface area contributed by atoms with E-state index in [-0.39, 0.29) is 0 Å². The molecule has 0 radical (unpaired) electrons. The number of fused-ring (bicyclic) bond motifs is 1. The number of hydrogen-bond donors (Lipinski definition) is 1. The molecule has 0 spiro atoms. The lowest BCUT2D eigenvalue weighted by atomic mass is 10.1. The van der Waals surface area contributed by atoms with Gasteiger partial charge in [-0.15, -0.1) is 0 Å². The van der Waals surface area contributed by atoms with Crippen LogP contribution in [0.25, 0.3) is 0 Å². The van der Waals surface area contributed by atoms with E-state index in [1.54, 1.807) is 6.07 Å². The average molecular weight is 289 g/mol. The zero-order chi connectivity index (χ0) is 14.1. The van der Waals surface area contributed by atoms with Crippen LogP contribution in [-0.4, -0.2) is 22.6 Å². The number of nitrogens with one attached hydrogen (secondary N) is 1. The van der Waals surface area contributed by atoms with Crippen molar-refractivity contribution >= 4 is 23.0 Å². The van der Waals surface area contributed by atoms with Crippen LogP contribution in [0.3, 0.4) is 0 Å². The highest BCUT2D eigenvalue weighted by molar-refractivity contribution is 6.29. The molecule has 0 amide bonds. The molecule has 4 nitrogen and oxygen atoms in total. The third-order valence-corrected chi connectivity index (χ3v) is 3.71. The van der Waals surface area contributed by atoms with Crippen molar-refractivity contribution in [3.63, 3.8) is 0 Å². The number of aryl methyl sites for hydroxylation is 1. The van der Waals surface area contributed by atoms with Gasteiger partial charge in [0, 0.05) is 18.3 Å². The maximum atomic E-state index is 6.02. The fraction of sp³-hybridized carbons (Fsp3) is 0.333. The van der Waals surface area contributed by atoms with Crippen LogP contribution in [0, 0.1) is 6.92 Å². The lowest BCUT2D eigenvalue weighted by Crippen LogP contribution is -2.41. The van der Waals surface area contributed by atoms with Crippen molar-refractivity contribution in [2.24, 2.45) is 0 Å². The Morgan fingerprint density at radius 3 is 2.95 bits per heavy atom. The fourth-order valence-electron chi connectivity index (χ4n) is 2.53. The van der Waals surface area contributed by atoms with Gasteiger partial charge in [0.2, 0.25) is 0 Å². The molecule has 1 unspecified atom stereocenters. The highest BCUT2D eigenvalue weighted by atomic mass is 35.5. The predicted molar refractivity (Wildman–Crippen MR) is 82.4 cm³/mol. The molecule has 2 heterocycles. The van der Waals surface area contributed by atoms with Gasteiger partial charge in [0.15, 0.2) is 0 Å².